The number of allylic oxidation sites excluding steroid dienone is 12. The summed E-state index contributed by atoms with van der Waals surface area (Å²) in [5.41, 5.74) is 0. The summed E-state index contributed by atoms with van der Waals surface area (Å²) in [5.74, 6) is -8.30. The lowest BCUT2D eigenvalue weighted by molar-refractivity contribution is -0.323. The van der Waals surface area contributed by atoms with E-state index in [0.29, 0.717) is 6.54 Å². The Morgan fingerprint density at radius 1 is 0.655 bits per heavy atom. The number of aliphatic hydroxyl groups is 14. The van der Waals surface area contributed by atoms with E-state index in [4.69, 9.17) is 23.7 Å². The van der Waals surface area contributed by atoms with Gasteiger partial charge in [0.1, 0.15) is 30.5 Å². The molecule has 4 fully saturated rings. The lowest BCUT2D eigenvalue weighted by atomic mass is 9.82. The average Bonchev–Trinajstić information content (AvgIpc) is 1.75. The number of nitrogens with one attached hydrogen (secondary N) is 2. The van der Waals surface area contributed by atoms with Crippen LogP contribution in [0.3, 0.4) is 0 Å². The summed E-state index contributed by atoms with van der Waals surface area (Å²) in [4.78, 5) is 29.2. The standard InChI is InChI=1S/C60H97N3O21/c1-36-20-16-13-11-9-7-5-6-8-10-12-14-17-21-43(83-58-55(75)51(53(73)39(4)82-58)62-35-60(79)56(76)54(74)47(70)34-80-60)31-48-50(57(77)61-24-27-63-25-18-15-19-26-63)46(69)33-59(78,84-48)32-42(66)29-45(68)44(67)23-22-40(64)28-41(65)30-49(71)81-38(3)37(2)52(36)72/h5-14,16-17,20-21,36-48,50-56,58,62,64-70,72-76,78-79H,15,18-19,22-35H2,1-4H3,(H,61,77)/b6-5+,9-7+,10-8+,13-11+,14-12+,20-16+,21-17+/t36-,37?,38-,39+,40+,41+,42-,43-,44+,45+,46-,47+,48?,50?,51-,52+,53+,54-,55-,56-,58?,59+,60+/m0/s1. The maximum Gasteiger partial charge on any atom is 0.308 e. The van der Waals surface area contributed by atoms with Gasteiger partial charge in [-0.2, -0.15) is 0 Å². The smallest absolute Gasteiger partial charge is 0.308 e. The van der Waals surface area contributed by atoms with Gasteiger partial charge in [0.05, 0.1) is 98.7 Å². The normalized spacial score (nSPS) is 44.7. The fraction of sp³-hybridized carbons (Fsp3) is 0.733. The predicted molar refractivity (Wildman–Crippen MR) is 305 cm³/mol. The van der Waals surface area contributed by atoms with Gasteiger partial charge in [-0.05, 0) is 59.0 Å². The Morgan fingerprint density at radius 3 is 1.92 bits per heavy atom. The quantitative estimate of drug-likeness (QED) is 0.119. The number of cyclic esters (lactones) is 1. The molecule has 16 N–H and O–H groups in total. The molecule has 478 valence electrons. The highest BCUT2D eigenvalue weighted by atomic mass is 16.7. The molecule has 0 radical (unpaired) electrons. The number of hydrogen-bond donors (Lipinski definition) is 16. The second-order valence-corrected chi connectivity index (χ2v) is 23.4. The van der Waals surface area contributed by atoms with E-state index < -0.39 is 184 Å². The third-order valence-corrected chi connectivity index (χ3v) is 16.4. The monoisotopic (exact) mass is 1200 g/mol. The number of esters is 1. The Balaban J connectivity index is 1.42. The van der Waals surface area contributed by atoms with Crippen molar-refractivity contribution in [1.29, 1.82) is 0 Å². The highest BCUT2D eigenvalue weighted by molar-refractivity contribution is 5.80. The van der Waals surface area contributed by atoms with Crippen molar-refractivity contribution >= 4 is 11.9 Å². The largest absolute Gasteiger partial charge is 0.462 e. The maximum atomic E-state index is 14.2. The Hall–Kier alpha value is -3.68. The number of amides is 1. The summed E-state index contributed by atoms with van der Waals surface area (Å²) >= 11 is 0. The Morgan fingerprint density at radius 2 is 1.27 bits per heavy atom. The van der Waals surface area contributed by atoms with Crippen LogP contribution in [0.1, 0.15) is 98.3 Å². The maximum absolute atomic E-state index is 14.2. The zero-order chi connectivity index (χ0) is 61.7. The summed E-state index contributed by atoms with van der Waals surface area (Å²) in [5, 5.41) is 160. The molecule has 23 atom stereocenters. The molecule has 5 heterocycles. The van der Waals surface area contributed by atoms with E-state index in [1.807, 2.05) is 13.0 Å². The lowest BCUT2D eigenvalue weighted by Gasteiger charge is -2.47. The van der Waals surface area contributed by atoms with E-state index in [9.17, 15) is 81.1 Å². The van der Waals surface area contributed by atoms with Crippen LogP contribution in [0.25, 0.3) is 0 Å². The SMILES string of the molecule is CC1[C@H](C)OC(=O)C[C@H](O)C[C@H](O)CC[C@@H](O)[C@H](O)C[C@H](O)C[C@]2(O)C[C@H](O)C(C(=O)NCCN3CCCCC3)C(C[C@@H](OC3O[C@H](C)[C@@H](O)[C@H](NC[C@@]4(O)OC[C@@H](O)[C@H](O)[C@@H]4O)[C@@H]3O)/C=C/C=C/C=C/C=C/C=C/C=C/C=C/[C@H](C)[C@H]1O)O2. The summed E-state index contributed by atoms with van der Waals surface area (Å²) in [6.45, 7) is 7.98. The summed E-state index contributed by atoms with van der Waals surface area (Å²) in [6, 6.07) is -1.34. The van der Waals surface area contributed by atoms with Gasteiger partial charge in [-0.3, -0.25) is 9.59 Å². The van der Waals surface area contributed by atoms with Crippen LogP contribution in [0.4, 0.5) is 0 Å². The Labute approximate surface area is 492 Å². The van der Waals surface area contributed by atoms with Gasteiger partial charge < -0.3 is 111 Å². The fourth-order valence-corrected chi connectivity index (χ4v) is 11.1. The number of hydrogen-bond acceptors (Lipinski definition) is 23. The first-order valence-electron chi connectivity index (χ1n) is 29.7. The van der Waals surface area contributed by atoms with Crippen LogP contribution in [0.5, 0.6) is 0 Å². The number of fused-ring (bicyclic) bond motifs is 2. The zero-order valence-electron chi connectivity index (χ0n) is 48.8. The molecule has 0 aliphatic carbocycles. The van der Waals surface area contributed by atoms with Gasteiger partial charge in [0.25, 0.3) is 0 Å². The second-order valence-electron chi connectivity index (χ2n) is 23.4. The molecule has 0 saturated carbocycles. The molecule has 1 amide bonds. The van der Waals surface area contributed by atoms with Gasteiger partial charge in [-0.25, -0.2) is 0 Å². The molecule has 5 aliphatic heterocycles. The molecular weight excluding hydrogens is 1100 g/mol. The molecule has 0 aromatic rings. The molecule has 5 rings (SSSR count). The minimum Gasteiger partial charge on any atom is -0.462 e. The van der Waals surface area contributed by atoms with Gasteiger partial charge in [0, 0.05) is 50.6 Å². The lowest BCUT2D eigenvalue weighted by Crippen LogP contribution is -2.69. The van der Waals surface area contributed by atoms with Crippen LogP contribution in [-0.4, -0.2) is 249 Å². The molecular formula is C60H97N3O21. The number of ether oxygens (including phenoxy) is 5. The predicted octanol–water partition coefficient (Wildman–Crippen LogP) is -1.34. The number of piperidine rings is 1. The molecule has 5 aliphatic rings. The number of carbonyl (C=O) groups excluding carboxylic acids is 2. The first kappa shape index (κ1) is 71.1. The van der Waals surface area contributed by atoms with E-state index in [0.717, 1.165) is 32.4 Å². The number of aliphatic hydroxyl groups excluding tert-OH is 12. The van der Waals surface area contributed by atoms with Crippen molar-refractivity contribution in [3.63, 3.8) is 0 Å². The van der Waals surface area contributed by atoms with E-state index in [-0.39, 0.29) is 38.1 Å². The summed E-state index contributed by atoms with van der Waals surface area (Å²) in [6.07, 6.45) is 0.371. The summed E-state index contributed by atoms with van der Waals surface area (Å²) < 4.78 is 29.5. The van der Waals surface area contributed by atoms with Crippen LogP contribution < -0.4 is 10.6 Å². The first-order valence-corrected chi connectivity index (χ1v) is 29.7. The molecule has 0 aromatic carbocycles. The van der Waals surface area contributed by atoms with Gasteiger partial charge >= 0.3 is 5.97 Å². The van der Waals surface area contributed by atoms with Crippen LogP contribution >= 0.6 is 0 Å². The highest BCUT2D eigenvalue weighted by Crippen LogP contribution is 2.39. The van der Waals surface area contributed by atoms with Crippen LogP contribution in [0, 0.1) is 17.8 Å². The first-order chi connectivity index (χ1) is 39.8. The molecule has 4 unspecified atom stereocenters. The molecule has 2 bridgehead atoms. The topological polar surface area (TPSA) is 391 Å². The average molecular weight is 1200 g/mol. The van der Waals surface area contributed by atoms with Crippen molar-refractivity contribution in [3.05, 3.63) is 85.1 Å². The third kappa shape index (κ3) is 22.2. The second kappa shape index (κ2) is 34.8. The van der Waals surface area contributed by atoms with E-state index in [1.165, 1.54) is 6.92 Å². The van der Waals surface area contributed by atoms with Gasteiger partial charge in [0.2, 0.25) is 11.7 Å². The molecule has 0 spiro atoms. The van der Waals surface area contributed by atoms with Crippen molar-refractivity contribution in [1.82, 2.24) is 15.5 Å². The minimum atomic E-state index is -2.46. The number of nitrogens with zero attached hydrogens (tertiary/aromatic N) is 1. The Bertz CT molecular complexity index is 2190. The molecule has 0 aromatic heterocycles. The van der Waals surface area contributed by atoms with E-state index in [2.05, 4.69) is 15.5 Å². The van der Waals surface area contributed by atoms with Crippen molar-refractivity contribution in [2.24, 2.45) is 17.8 Å². The summed E-state index contributed by atoms with van der Waals surface area (Å²) in [7, 11) is 0. The van der Waals surface area contributed by atoms with Gasteiger partial charge in [-0.15, -0.1) is 0 Å². The van der Waals surface area contributed by atoms with Crippen LogP contribution in [0.2, 0.25) is 0 Å². The van der Waals surface area contributed by atoms with Crippen LogP contribution in [-0.2, 0) is 33.3 Å². The number of carbonyl (C=O) groups is 2. The van der Waals surface area contributed by atoms with E-state index in [1.54, 1.807) is 92.8 Å². The molecule has 84 heavy (non-hydrogen) atoms. The van der Waals surface area contributed by atoms with Crippen molar-refractivity contribution in [2.45, 2.75) is 220 Å². The van der Waals surface area contributed by atoms with Crippen molar-refractivity contribution in [2.75, 3.05) is 39.3 Å². The third-order valence-electron chi connectivity index (χ3n) is 16.4. The molecule has 4 saturated heterocycles. The van der Waals surface area contributed by atoms with E-state index >= 15 is 0 Å². The van der Waals surface area contributed by atoms with Gasteiger partial charge in [0.15, 0.2) is 12.1 Å². The minimum absolute atomic E-state index is 0.126. The number of rotatable bonds is 9. The van der Waals surface area contributed by atoms with Crippen molar-refractivity contribution < 1.29 is 105 Å². The van der Waals surface area contributed by atoms with Gasteiger partial charge in [-0.1, -0.05) is 105 Å². The molecule has 24 heteroatoms. The Kier molecular flexibility index (Phi) is 29.4. The molecule has 24 nitrogen and oxygen atoms in total. The van der Waals surface area contributed by atoms with Crippen molar-refractivity contribution in [3.8, 4) is 0 Å². The fourth-order valence-electron chi connectivity index (χ4n) is 11.1. The van der Waals surface area contributed by atoms with Crippen LogP contribution in [0.15, 0.2) is 85.1 Å². The zero-order valence-corrected chi connectivity index (χ0v) is 48.8. The highest BCUT2D eigenvalue weighted by Gasteiger charge is 2.53. The number of likely N-dealkylation sites (tertiary alicyclic amines) is 1.